The molecule has 3 rings (SSSR count). The van der Waals surface area contributed by atoms with Gasteiger partial charge in [0.1, 0.15) is 0 Å². The van der Waals surface area contributed by atoms with E-state index in [0.717, 1.165) is 23.2 Å². The molecule has 4 heteroatoms. The summed E-state index contributed by atoms with van der Waals surface area (Å²) in [5.41, 5.74) is 4.27. The summed E-state index contributed by atoms with van der Waals surface area (Å²) >= 11 is 0. The van der Waals surface area contributed by atoms with Crippen LogP contribution in [0.3, 0.4) is 0 Å². The van der Waals surface area contributed by atoms with E-state index in [1.54, 1.807) is 14.2 Å². The van der Waals surface area contributed by atoms with Crippen LogP contribution in [0.2, 0.25) is 0 Å². The summed E-state index contributed by atoms with van der Waals surface area (Å²) in [6.07, 6.45) is 1.26. The number of para-hydroxylation sites is 1. The Balaban J connectivity index is 1.88. The molecule has 2 aromatic carbocycles. The van der Waals surface area contributed by atoms with Crippen LogP contribution in [0.4, 0.5) is 5.69 Å². The number of nitrogens with zero attached hydrogens (tertiary/aromatic N) is 1. The van der Waals surface area contributed by atoms with Gasteiger partial charge in [0, 0.05) is 11.7 Å². The molecule has 1 heterocycles. The smallest absolute Gasteiger partial charge is 0.231 e. The van der Waals surface area contributed by atoms with Crippen LogP contribution in [0.5, 0.6) is 11.5 Å². The van der Waals surface area contributed by atoms with Crippen LogP contribution in [0.25, 0.3) is 0 Å². The number of amides is 1. The Morgan fingerprint density at radius 1 is 1.17 bits per heavy atom. The van der Waals surface area contributed by atoms with Crippen molar-refractivity contribution in [3.05, 3.63) is 53.1 Å². The summed E-state index contributed by atoms with van der Waals surface area (Å²) in [5, 5.41) is 0. The average molecular weight is 325 g/mol. The normalized spacial score (nSPS) is 16.0. The molecular weight excluding hydrogens is 302 g/mol. The van der Waals surface area contributed by atoms with Crippen molar-refractivity contribution in [3.8, 4) is 11.5 Å². The molecule has 1 aliphatic heterocycles. The van der Waals surface area contributed by atoms with Gasteiger partial charge in [-0.2, -0.15) is 0 Å². The third kappa shape index (κ3) is 2.84. The first kappa shape index (κ1) is 16.4. The van der Waals surface area contributed by atoms with Gasteiger partial charge in [-0.25, -0.2) is 0 Å². The number of anilines is 1. The summed E-state index contributed by atoms with van der Waals surface area (Å²) in [5.74, 6) is 1.45. The Hall–Kier alpha value is -2.49. The Morgan fingerprint density at radius 2 is 1.83 bits per heavy atom. The predicted molar refractivity (Wildman–Crippen MR) is 95.1 cm³/mol. The van der Waals surface area contributed by atoms with Gasteiger partial charge in [0.05, 0.1) is 20.6 Å². The van der Waals surface area contributed by atoms with E-state index in [2.05, 4.69) is 13.0 Å². The first-order valence-electron chi connectivity index (χ1n) is 8.16. The van der Waals surface area contributed by atoms with E-state index < -0.39 is 0 Å². The van der Waals surface area contributed by atoms with Crippen LogP contribution in [0.1, 0.15) is 23.6 Å². The van der Waals surface area contributed by atoms with Gasteiger partial charge >= 0.3 is 0 Å². The third-order valence-electron chi connectivity index (χ3n) is 4.66. The maximum atomic E-state index is 12.9. The topological polar surface area (TPSA) is 38.8 Å². The van der Waals surface area contributed by atoms with Gasteiger partial charge in [-0.1, -0.05) is 18.2 Å². The highest BCUT2D eigenvalue weighted by Crippen LogP contribution is 2.34. The second-order valence-corrected chi connectivity index (χ2v) is 6.26. The van der Waals surface area contributed by atoms with Crippen molar-refractivity contribution >= 4 is 11.6 Å². The summed E-state index contributed by atoms with van der Waals surface area (Å²) < 4.78 is 10.7. The van der Waals surface area contributed by atoms with E-state index >= 15 is 0 Å². The highest BCUT2D eigenvalue weighted by Gasteiger charge is 2.30. The highest BCUT2D eigenvalue weighted by atomic mass is 16.5. The minimum absolute atomic E-state index is 0.114. The SMILES string of the molecule is COc1cc(C)c(CC(=O)N2c3ccccc3CC2C)cc1OC. The second-order valence-electron chi connectivity index (χ2n) is 6.26. The largest absolute Gasteiger partial charge is 0.493 e. The number of hydrogen-bond acceptors (Lipinski definition) is 3. The number of rotatable bonds is 4. The Kier molecular flexibility index (Phi) is 4.47. The fourth-order valence-electron chi connectivity index (χ4n) is 3.41. The van der Waals surface area contributed by atoms with E-state index in [4.69, 9.17) is 9.47 Å². The number of carbonyl (C=O) groups excluding carboxylic acids is 1. The molecule has 0 spiro atoms. The number of benzene rings is 2. The summed E-state index contributed by atoms with van der Waals surface area (Å²) in [6.45, 7) is 4.09. The summed E-state index contributed by atoms with van der Waals surface area (Å²) in [6, 6.07) is 12.1. The van der Waals surface area contributed by atoms with E-state index in [9.17, 15) is 4.79 Å². The lowest BCUT2D eigenvalue weighted by atomic mass is 10.0. The molecule has 1 amide bonds. The van der Waals surface area contributed by atoms with E-state index in [-0.39, 0.29) is 11.9 Å². The molecule has 4 nitrogen and oxygen atoms in total. The standard InChI is InChI=1S/C20H23NO3/c1-13-9-18(23-3)19(24-4)11-16(13)12-20(22)21-14(2)10-15-7-5-6-8-17(15)21/h5-9,11,14H,10,12H2,1-4H3. The summed E-state index contributed by atoms with van der Waals surface area (Å²) in [7, 11) is 3.22. The van der Waals surface area contributed by atoms with Crippen LogP contribution in [-0.2, 0) is 17.6 Å². The molecule has 126 valence electrons. The maximum absolute atomic E-state index is 12.9. The van der Waals surface area contributed by atoms with Crippen LogP contribution in [-0.4, -0.2) is 26.2 Å². The van der Waals surface area contributed by atoms with Crippen molar-refractivity contribution in [1.29, 1.82) is 0 Å². The maximum Gasteiger partial charge on any atom is 0.231 e. The monoisotopic (exact) mass is 325 g/mol. The van der Waals surface area contributed by atoms with Crippen molar-refractivity contribution in [2.75, 3.05) is 19.1 Å². The molecule has 0 radical (unpaired) electrons. The van der Waals surface area contributed by atoms with Crippen LogP contribution in [0, 0.1) is 6.92 Å². The molecular formula is C20H23NO3. The van der Waals surface area contributed by atoms with Gasteiger partial charge in [-0.3, -0.25) is 4.79 Å². The van der Waals surface area contributed by atoms with Crippen molar-refractivity contribution < 1.29 is 14.3 Å². The van der Waals surface area contributed by atoms with Gasteiger partial charge in [0.15, 0.2) is 11.5 Å². The number of ether oxygens (including phenoxy) is 2. The molecule has 0 saturated carbocycles. The van der Waals surface area contributed by atoms with E-state index in [1.165, 1.54) is 5.56 Å². The summed E-state index contributed by atoms with van der Waals surface area (Å²) in [4.78, 5) is 14.9. The highest BCUT2D eigenvalue weighted by molar-refractivity contribution is 5.97. The molecule has 0 fully saturated rings. The minimum Gasteiger partial charge on any atom is -0.493 e. The lowest BCUT2D eigenvalue weighted by Crippen LogP contribution is -2.36. The van der Waals surface area contributed by atoms with Crippen LogP contribution in [0.15, 0.2) is 36.4 Å². The number of aryl methyl sites for hydroxylation is 1. The number of methoxy groups -OCH3 is 2. The zero-order valence-corrected chi connectivity index (χ0v) is 14.6. The number of hydrogen-bond donors (Lipinski definition) is 0. The van der Waals surface area contributed by atoms with Gasteiger partial charge in [0.2, 0.25) is 5.91 Å². The van der Waals surface area contributed by atoms with Crippen molar-refractivity contribution in [2.24, 2.45) is 0 Å². The predicted octanol–water partition coefficient (Wildman–Crippen LogP) is 3.53. The molecule has 0 N–H and O–H groups in total. The second kappa shape index (κ2) is 6.56. The lowest BCUT2D eigenvalue weighted by molar-refractivity contribution is -0.118. The van der Waals surface area contributed by atoms with E-state index in [1.807, 2.05) is 42.2 Å². The van der Waals surface area contributed by atoms with E-state index in [0.29, 0.717) is 17.9 Å². The molecule has 1 unspecified atom stereocenters. The zero-order valence-electron chi connectivity index (χ0n) is 14.6. The van der Waals surface area contributed by atoms with Crippen molar-refractivity contribution in [2.45, 2.75) is 32.7 Å². The fourth-order valence-corrected chi connectivity index (χ4v) is 3.41. The number of carbonyl (C=O) groups is 1. The Morgan fingerprint density at radius 3 is 2.54 bits per heavy atom. The van der Waals surface area contributed by atoms with Crippen molar-refractivity contribution in [1.82, 2.24) is 0 Å². The van der Waals surface area contributed by atoms with Crippen LogP contribution < -0.4 is 14.4 Å². The molecule has 0 saturated heterocycles. The third-order valence-corrected chi connectivity index (χ3v) is 4.66. The van der Waals surface area contributed by atoms with Gasteiger partial charge in [0.25, 0.3) is 0 Å². The quantitative estimate of drug-likeness (QED) is 0.863. The molecule has 0 aliphatic carbocycles. The molecule has 0 aromatic heterocycles. The molecule has 1 aliphatic rings. The Labute approximate surface area is 143 Å². The molecule has 2 aromatic rings. The van der Waals surface area contributed by atoms with Crippen LogP contribution >= 0.6 is 0 Å². The fraction of sp³-hybridized carbons (Fsp3) is 0.350. The van der Waals surface area contributed by atoms with Gasteiger partial charge in [-0.15, -0.1) is 0 Å². The minimum atomic E-state index is 0.114. The lowest BCUT2D eigenvalue weighted by Gasteiger charge is -2.23. The molecule has 1 atom stereocenters. The van der Waals surface area contributed by atoms with Crippen molar-refractivity contribution in [3.63, 3.8) is 0 Å². The first-order valence-corrected chi connectivity index (χ1v) is 8.16. The van der Waals surface area contributed by atoms with Gasteiger partial charge < -0.3 is 14.4 Å². The first-order chi connectivity index (χ1) is 11.5. The van der Waals surface area contributed by atoms with Gasteiger partial charge in [-0.05, 0) is 55.2 Å². The number of fused-ring (bicyclic) bond motifs is 1. The molecule has 24 heavy (non-hydrogen) atoms. The Bertz CT molecular complexity index is 769. The average Bonchev–Trinajstić information content (AvgIpc) is 2.91. The zero-order chi connectivity index (χ0) is 17.3. The molecule has 0 bridgehead atoms.